The standard InChI is InChI=1S/C16H24N2O/c1-19-16-6-2-13(3-7-16)8-10-18-11-9-15(12-18)17-14-4-5-14/h2-3,6-7,14-15,17H,4-5,8-12H2,1H3. The van der Waals surface area contributed by atoms with Gasteiger partial charge in [0, 0.05) is 25.2 Å². The maximum Gasteiger partial charge on any atom is 0.118 e. The van der Waals surface area contributed by atoms with Gasteiger partial charge in [0.15, 0.2) is 0 Å². The zero-order valence-electron chi connectivity index (χ0n) is 11.8. The van der Waals surface area contributed by atoms with Crippen LogP contribution in [0.1, 0.15) is 24.8 Å². The Morgan fingerprint density at radius 2 is 1.95 bits per heavy atom. The minimum atomic E-state index is 0.739. The molecule has 1 heterocycles. The Bertz CT molecular complexity index is 400. The summed E-state index contributed by atoms with van der Waals surface area (Å²) < 4.78 is 5.19. The summed E-state index contributed by atoms with van der Waals surface area (Å²) in [4.78, 5) is 2.59. The van der Waals surface area contributed by atoms with Crippen LogP contribution < -0.4 is 10.1 Å². The summed E-state index contributed by atoms with van der Waals surface area (Å²) in [5, 5.41) is 3.74. The quantitative estimate of drug-likeness (QED) is 0.847. The van der Waals surface area contributed by atoms with E-state index in [0.29, 0.717) is 0 Å². The minimum Gasteiger partial charge on any atom is -0.497 e. The van der Waals surface area contributed by atoms with E-state index in [-0.39, 0.29) is 0 Å². The average Bonchev–Trinajstić information content (AvgIpc) is 3.14. The lowest BCUT2D eigenvalue weighted by molar-refractivity contribution is 0.331. The van der Waals surface area contributed by atoms with E-state index >= 15 is 0 Å². The zero-order valence-corrected chi connectivity index (χ0v) is 11.8. The first-order valence-corrected chi connectivity index (χ1v) is 7.45. The molecule has 1 saturated carbocycles. The molecule has 1 atom stereocenters. The second kappa shape index (κ2) is 5.93. The number of hydrogen-bond donors (Lipinski definition) is 1. The van der Waals surface area contributed by atoms with Gasteiger partial charge in [-0.25, -0.2) is 0 Å². The first kappa shape index (κ1) is 12.9. The highest BCUT2D eigenvalue weighted by molar-refractivity contribution is 5.27. The lowest BCUT2D eigenvalue weighted by Gasteiger charge is -2.16. The van der Waals surface area contributed by atoms with E-state index in [2.05, 4.69) is 34.5 Å². The molecular weight excluding hydrogens is 236 g/mol. The molecule has 0 amide bonds. The van der Waals surface area contributed by atoms with Crippen molar-refractivity contribution in [1.82, 2.24) is 10.2 Å². The van der Waals surface area contributed by atoms with Crippen LogP contribution in [0.3, 0.4) is 0 Å². The summed E-state index contributed by atoms with van der Waals surface area (Å²) in [5.41, 5.74) is 1.40. The Hall–Kier alpha value is -1.06. The Kier molecular flexibility index (Phi) is 4.04. The van der Waals surface area contributed by atoms with E-state index in [4.69, 9.17) is 4.74 Å². The predicted molar refractivity (Wildman–Crippen MR) is 77.7 cm³/mol. The van der Waals surface area contributed by atoms with Crippen molar-refractivity contribution >= 4 is 0 Å². The summed E-state index contributed by atoms with van der Waals surface area (Å²) in [7, 11) is 1.71. The summed E-state index contributed by atoms with van der Waals surface area (Å²) in [5.74, 6) is 0.943. The number of nitrogens with zero attached hydrogens (tertiary/aromatic N) is 1. The van der Waals surface area contributed by atoms with Gasteiger partial charge in [-0.05, 0) is 49.9 Å². The van der Waals surface area contributed by atoms with E-state index in [0.717, 1.165) is 24.3 Å². The number of benzene rings is 1. The predicted octanol–water partition coefficient (Wildman–Crippen LogP) is 2.06. The van der Waals surface area contributed by atoms with Gasteiger partial charge >= 0.3 is 0 Å². The molecule has 1 aromatic rings. The number of hydrogen-bond acceptors (Lipinski definition) is 3. The van der Waals surface area contributed by atoms with Crippen molar-refractivity contribution < 1.29 is 4.74 Å². The van der Waals surface area contributed by atoms with Crippen molar-refractivity contribution in [1.29, 1.82) is 0 Å². The fraction of sp³-hybridized carbons (Fsp3) is 0.625. The fourth-order valence-electron chi connectivity index (χ4n) is 2.83. The van der Waals surface area contributed by atoms with Gasteiger partial charge in [0.2, 0.25) is 0 Å². The highest BCUT2D eigenvalue weighted by Gasteiger charge is 2.28. The van der Waals surface area contributed by atoms with Crippen LogP contribution in [-0.4, -0.2) is 43.7 Å². The van der Waals surface area contributed by atoms with Crippen molar-refractivity contribution in [2.24, 2.45) is 0 Å². The first-order valence-electron chi connectivity index (χ1n) is 7.45. The van der Waals surface area contributed by atoms with Gasteiger partial charge in [0.25, 0.3) is 0 Å². The van der Waals surface area contributed by atoms with Crippen molar-refractivity contribution in [2.45, 2.75) is 37.8 Å². The number of methoxy groups -OCH3 is 1. The van der Waals surface area contributed by atoms with Gasteiger partial charge in [-0.2, -0.15) is 0 Å². The zero-order chi connectivity index (χ0) is 13.1. The number of nitrogens with one attached hydrogen (secondary N) is 1. The third-order valence-electron chi connectivity index (χ3n) is 4.20. The first-order chi connectivity index (χ1) is 9.33. The molecule has 3 nitrogen and oxygen atoms in total. The largest absolute Gasteiger partial charge is 0.497 e. The maximum absolute atomic E-state index is 5.19. The van der Waals surface area contributed by atoms with Gasteiger partial charge in [-0.1, -0.05) is 12.1 Å². The molecule has 0 spiro atoms. The Balaban J connectivity index is 1.41. The molecule has 1 N–H and O–H groups in total. The van der Waals surface area contributed by atoms with E-state index in [9.17, 15) is 0 Å². The van der Waals surface area contributed by atoms with Crippen molar-refractivity contribution in [3.8, 4) is 5.75 Å². The molecule has 1 aliphatic heterocycles. The van der Waals surface area contributed by atoms with Crippen LogP contribution in [0.5, 0.6) is 5.75 Å². The Morgan fingerprint density at radius 3 is 2.63 bits per heavy atom. The van der Waals surface area contributed by atoms with E-state index in [1.807, 2.05) is 0 Å². The third kappa shape index (κ3) is 3.71. The second-order valence-corrected chi connectivity index (χ2v) is 5.83. The summed E-state index contributed by atoms with van der Waals surface area (Å²) in [6, 6.07) is 10.0. The summed E-state index contributed by atoms with van der Waals surface area (Å²) in [6.45, 7) is 3.66. The van der Waals surface area contributed by atoms with Crippen molar-refractivity contribution in [3.05, 3.63) is 29.8 Å². The average molecular weight is 260 g/mol. The molecule has 3 heteroatoms. The summed E-state index contributed by atoms with van der Waals surface area (Å²) >= 11 is 0. The van der Waals surface area contributed by atoms with Crippen LogP contribution in [0.4, 0.5) is 0 Å². The molecule has 0 radical (unpaired) electrons. The topological polar surface area (TPSA) is 24.5 Å². The summed E-state index contributed by atoms with van der Waals surface area (Å²) in [6.07, 6.45) is 5.24. The van der Waals surface area contributed by atoms with Crippen LogP contribution >= 0.6 is 0 Å². The highest BCUT2D eigenvalue weighted by atomic mass is 16.5. The van der Waals surface area contributed by atoms with E-state index in [1.165, 1.54) is 44.5 Å². The second-order valence-electron chi connectivity index (χ2n) is 5.83. The smallest absolute Gasteiger partial charge is 0.118 e. The molecular formula is C16H24N2O. The molecule has 1 unspecified atom stereocenters. The number of rotatable bonds is 6. The molecule has 1 saturated heterocycles. The molecule has 2 aliphatic rings. The van der Waals surface area contributed by atoms with Crippen LogP contribution in [0.2, 0.25) is 0 Å². The number of likely N-dealkylation sites (tertiary alicyclic amines) is 1. The van der Waals surface area contributed by atoms with Crippen molar-refractivity contribution in [2.75, 3.05) is 26.7 Å². The van der Waals surface area contributed by atoms with Gasteiger partial charge in [-0.3, -0.25) is 0 Å². The van der Waals surface area contributed by atoms with Crippen LogP contribution in [0, 0.1) is 0 Å². The normalized spacial score (nSPS) is 23.7. The third-order valence-corrected chi connectivity index (χ3v) is 4.20. The van der Waals surface area contributed by atoms with Crippen LogP contribution in [0.25, 0.3) is 0 Å². The van der Waals surface area contributed by atoms with Gasteiger partial charge in [0.05, 0.1) is 7.11 Å². The lowest BCUT2D eigenvalue weighted by atomic mass is 10.1. The Labute approximate surface area is 115 Å². The number of ether oxygens (including phenoxy) is 1. The molecule has 0 bridgehead atoms. The van der Waals surface area contributed by atoms with E-state index < -0.39 is 0 Å². The van der Waals surface area contributed by atoms with Gasteiger partial charge in [-0.15, -0.1) is 0 Å². The fourth-order valence-corrected chi connectivity index (χ4v) is 2.83. The van der Waals surface area contributed by atoms with Gasteiger partial charge in [0.1, 0.15) is 5.75 Å². The van der Waals surface area contributed by atoms with Gasteiger partial charge < -0.3 is 15.0 Å². The molecule has 104 valence electrons. The molecule has 0 aromatic heterocycles. The highest BCUT2D eigenvalue weighted by Crippen LogP contribution is 2.22. The van der Waals surface area contributed by atoms with E-state index in [1.54, 1.807) is 7.11 Å². The minimum absolute atomic E-state index is 0.739. The lowest BCUT2D eigenvalue weighted by Crippen LogP contribution is -2.34. The molecule has 1 aliphatic carbocycles. The molecule has 19 heavy (non-hydrogen) atoms. The maximum atomic E-state index is 5.19. The van der Waals surface area contributed by atoms with Crippen molar-refractivity contribution in [3.63, 3.8) is 0 Å². The molecule has 2 fully saturated rings. The Morgan fingerprint density at radius 1 is 1.16 bits per heavy atom. The monoisotopic (exact) mass is 260 g/mol. The van der Waals surface area contributed by atoms with Crippen LogP contribution in [-0.2, 0) is 6.42 Å². The molecule has 3 rings (SSSR count). The molecule has 1 aromatic carbocycles. The van der Waals surface area contributed by atoms with Crippen LogP contribution in [0.15, 0.2) is 24.3 Å². The SMILES string of the molecule is COc1ccc(CCN2CCC(NC3CC3)C2)cc1.